The van der Waals surface area contributed by atoms with Gasteiger partial charge in [0, 0.05) is 20.6 Å². The maximum Gasteiger partial charge on any atom is 0.275 e. The molecule has 1 aromatic rings. The average molecular weight is 301 g/mol. The molecule has 1 atom stereocenters. The standard InChI is InChI=1S/C12H19N3O4S/c1-14(2)20(17,18)11-4-3-10(19-11)8-15-6-5-9(7-15)12(13)16/h3-4,9H,5-8H2,1-2H3,(H2,13,16)/t9-/m1/s1. The maximum atomic E-state index is 11.9. The number of rotatable bonds is 5. The molecule has 1 aliphatic rings. The Bertz CT molecular complexity index is 594. The van der Waals surface area contributed by atoms with Crippen molar-refractivity contribution < 1.29 is 17.6 Å². The number of hydrogen-bond donors (Lipinski definition) is 1. The zero-order valence-corrected chi connectivity index (χ0v) is 12.4. The summed E-state index contributed by atoms with van der Waals surface area (Å²) in [7, 11) is -0.632. The summed E-state index contributed by atoms with van der Waals surface area (Å²) in [5.41, 5.74) is 5.27. The SMILES string of the molecule is CN(C)S(=O)(=O)c1ccc(CN2CC[C@@H](C(N)=O)C2)o1. The summed E-state index contributed by atoms with van der Waals surface area (Å²) in [6.07, 6.45) is 0.735. The first-order valence-corrected chi connectivity index (χ1v) is 7.77. The first-order valence-electron chi connectivity index (χ1n) is 6.33. The maximum absolute atomic E-state index is 11.9. The van der Waals surface area contributed by atoms with Gasteiger partial charge < -0.3 is 10.2 Å². The van der Waals surface area contributed by atoms with E-state index in [4.69, 9.17) is 10.2 Å². The molecule has 0 aliphatic carbocycles. The van der Waals surface area contributed by atoms with Crippen LogP contribution in [0.3, 0.4) is 0 Å². The Hall–Kier alpha value is -1.38. The van der Waals surface area contributed by atoms with Crippen molar-refractivity contribution in [3.05, 3.63) is 17.9 Å². The zero-order valence-electron chi connectivity index (χ0n) is 11.6. The molecule has 0 radical (unpaired) electrons. The van der Waals surface area contributed by atoms with Crippen molar-refractivity contribution in [3.8, 4) is 0 Å². The van der Waals surface area contributed by atoms with Crippen molar-refractivity contribution in [1.82, 2.24) is 9.21 Å². The summed E-state index contributed by atoms with van der Waals surface area (Å²) < 4.78 is 30.2. The predicted octanol–water partition coefficient (Wildman–Crippen LogP) is -0.163. The topological polar surface area (TPSA) is 96.9 Å². The molecule has 8 heteroatoms. The molecule has 112 valence electrons. The number of hydrogen-bond acceptors (Lipinski definition) is 5. The van der Waals surface area contributed by atoms with Crippen LogP contribution in [0.25, 0.3) is 0 Å². The van der Waals surface area contributed by atoms with E-state index in [1.54, 1.807) is 6.07 Å². The van der Waals surface area contributed by atoms with Gasteiger partial charge in [-0.1, -0.05) is 0 Å². The summed E-state index contributed by atoms with van der Waals surface area (Å²) in [5, 5.41) is -0.0665. The Morgan fingerprint density at radius 3 is 2.75 bits per heavy atom. The summed E-state index contributed by atoms with van der Waals surface area (Å²) in [5.74, 6) is 0.147. The van der Waals surface area contributed by atoms with Crippen LogP contribution in [0.2, 0.25) is 0 Å². The van der Waals surface area contributed by atoms with E-state index in [0.717, 1.165) is 17.3 Å². The molecule has 2 N–H and O–H groups in total. The van der Waals surface area contributed by atoms with Crippen LogP contribution in [0.4, 0.5) is 0 Å². The molecule has 20 heavy (non-hydrogen) atoms. The fraction of sp³-hybridized carbons (Fsp3) is 0.583. The highest BCUT2D eigenvalue weighted by atomic mass is 32.2. The molecule has 7 nitrogen and oxygen atoms in total. The van der Waals surface area contributed by atoms with E-state index < -0.39 is 10.0 Å². The third kappa shape index (κ3) is 3.02. The molecular formula is C12H19N3O4S. The number of carbonyl (C=O) groups is 1. The lowest BCUT2D eigenvalue weighted by Gasteiger charge is -2.13. The number of nitrogens with zero attached hydrogens (tertiary/aromatic N) is 2. The van der Waals surface area contributed by atoms with Crippen LogP contribution in [0.1, 0.15) is 12.2 Å². The molecule has 1 aliphatic heterocycles. The second kappa shape index (κ2) is 5.55. The first-order chi connectivity index (χ1) is 9.30. The van der Waals surface area contributed by atoms with Gasteiger partial charge in [0.15, 0.2) is 0 Å². The Morgan fingerprint density at radius 1 is 1.50 bits per heavy atom. The number of primary amides is 1. The highest BCUT2D eigenvalue weighted by Gasteiger charge is 2.28. The van der Waals surface area contributed by atoms with Crippen LogP contribution in [0, 0.1) is 5.92 Å². The Balaban J connectivity index is 2.03. The van der Waals surface area contributed by atoms with Crippen LogP contribution in [0.15, 0.2) is 21.6 Å². The van der Waals surface area contributed by atoms with Gasteiger partial charge in [-0.05, 0) is 25.1 Å². The van der Waals surface area contributed by atoms with E-state index in [-0.39, 0.29) is 16.9 Å². The van der Waals surface area contributed by atoms with Crippen LogP contribution in [0.5, 0.6) is 0 Å². The third-order valence-corrected chi connectivity index (χ3v) is 5.12. The summed E-state index contributed by atoms with van der Waals surface area (Å²) in [4.78, 5) is 13.1. The van der Waals surface area contributed by atoms with Crippen LogP contribution >= 0.6 is 0 Å². The first kappa shape index (κ1) is 15.0. The Morgan fingerprint density at radius 2 is 2.20 bits per heavy atom. The molecule has 0 aromatic carbocycles. The molecule has 0 bridgehead atoms. The summed E-state index contributed by atoms with van der Waals surface area (Å²) in [6.45, 7) is 1.82. The number of amides is 1. The largest absolute Gasteiger partial charge is 0.447 e. The number of nitrogens with two attached hydrogens (primary N) is 1. The van der Waals surface area contributed by atoms with Crippen LogP contribution < -0.4 is 5.73 Å². The predicted molar refractivity (Wildman–Crippen MR) is 72.2 cm³/mol. The molecule has 1 aromatic heterocycles. The monoisotopic (exact) mass is 301 g/mol. The highest BCUT2D eigenvalue weighted by Crippen LogP contribution is 2.21. The molecule has 2 rings (SSSR count). The van der Waals surface area contributed by atoms with Crippen molar-refractivity contribution in [3.63, 3.8) is 0 Å². The lowest BCUT2D eigenvalue weighted by Crippen LogP contribution is -2.27. The van der Waals surface area contributed by atoms with Crippen molar-refractivity contribution in [1.29, 1.82) is 0 Å². The minimum absolute atomic E-state index is 0.0665. The molecule has 2 heterocycles. The van der Waals surface area contributed by atoms with Gasteiger partial charge in [0.25, 0.3) is 10.0 Å². The van der Waals surface area contributed by atoms with E-state index in [1.165, 1.54) is 20.2 Å². The van der Waals surface area contributed by atoms with Gasteiger partial charge in [-0.15, -0.1) is 0 Å². The van der Waals surface area contributed by atoms with Gasteiger partial charge in [-0.25, -0.2) is 12.7 Å². The van der Waals surface area contributed by atoms with E-state index in [2.05, 4.69) is 0 Å². The van der Waals surface area contributed by atoms with Gasteiger partial charge in [-0.3, -0.25) is 9.69 Å². The van der Waals surface area contributed by atoms with Gasteiger partial charge in [0.2, 0.25) is 11.0 Å². The third-order valence-electron chi connectivity index (χ3n) is 3.43. The molecule has 1 amide bonds. The average Bonchev–Trinajstić information content (AvgIpc) is 2.98. The lowest BCUT2D eigenvalue weighted by atomic mass is 10.1. The molecule has 0 saturated carbocycles. The fourth-order valence-electron chi connectivity index (χ4n) is 2.19. The minimum atomic E-state index is -3.54. The number of carbonyl (C=O) groups excluding carboxylic acids is 1. The van der Waals surface area contributed by atoms with Gasteiger partial charge >= 0.3 is 0 Å². The number of furan rings is 1. The van der Waals surface area contributed by atoms with Crippen molar-refractivity contribution in [2.24, 2.45) is 11.7 Å². The smallest absolute Gasteiger partial charge is 0.275 e. The van der Waals surface area contributed by atoms with Crippen molar-refractivity contribution in [2.45, 2.75) is 18.1 Å². The highest BCUT2D eigenvalue weighted by molar-refractivity contribution is 7.88. The van der Waals surface area contributed by atoms with Gasteiger partial charge in [-0.2, -0.15) is 0 Å². The van der Waals surface area contributed by atoms with Crippen LogP contribution in [-0.2, 0) is 21.4 Å². The van der Waals surface area contributed by atoms with E-state index >= 15 is 0 Å². The second-order valence-electron chi connectivity index (χ2n) is 5.13. The fourth-order valence-corrected chi connectivity index (χ4v) is 3.00. The Labute approximate surface area is 118 Å². The normalized spacial score (nSPS) is 20.6. The molecular weight excluding hydrogens is 282 g/mol. The van der Waals surface area contributed by atoms with E-state index in [0.29, 0.717) is 18.8 Å². The van der Waals surface area contributed by atoms with E-state index in [9.17, 15) is 13.2 Å². The quantitative estimate of drug-likeness (QED) is 0.815. The Kier molecular flexibility index (Phi) is 4.17. The minimum Gasteiger partial charge on any atom is -0.447 e. The van der Waals surface area contributed by atoms with Crippen molar-refractivity contribution >= 4 is 15.9 Å². The van der Waals surface area contributed by atoms with E-state index in [1.807, 2.05) is 4.90 Å². The molecule has 1 fully saturated rings. The summed E-state index contributed by atoms with van der Waals surface area (Å²) >= 11 is 0. The number of likely N-dealkylation sites (tertiary alicyclic amines) is 1. The molecule has 1 saturated heterocycles. The zero-order chi connectivity index (χ0) is 14.9. The van der Waals surface area contributed by atoms with Gasteiger partial charge in [0.1, 0.15) is 5.76 Å². The lowest BCUT2D eigenvalue weighted by molar-refractivity contribution is -0.121. The number of sulfonamides is 1. The molecule has 0 unspecified atom stereocenters. The summed E-state index contributed by atoms with van der Waals surface area (Å²) in [6, 6.07) is 3.10. The van der Waals surface area contributed by atoms with Crippen molar-refractivity contribution in [2.75, 3.05) is 27.2 Å². The molecule has 0 spiro atoms. The second-order valence-corrected chi connectivity index (χ2v) is 7.21. The van der Waals surface area contributed by atoms with Crippen LogP contribution in [-0.4, -0.2) is 50.7 Å². The van der Waals surface area contributed by atoms with Gasteiger partial charge in [0.05, 0.1) is 12.5 Å².